The molecule has 0 aliphatic heterocycles. The van der Waals surface area contributed by atoms with Crippen LogP contribution in [-0.2, 0) is 0 Å². The van der Waals surface area contributed by atoms with Crippen LogP contribution in [0, 0.1) is 0 Å². The van der Waals surface area contributed by atoms with Gasteiger partial charge in [0.15, 0.2) is 17.5 Å². The molecule has 0 atom stereocenters. The lowest BCUT2D eigenvalue weighted by Gasteiger charge is -2.11. The molecule has 9 aromatic rings. The van der Waals surface area contributed by atoms with E-state index >= 15 is 0 Å². The third-order valence-electron chi connectivity index (χ3n) is 9.04. The van der Waals surface area contributed by atoms with Crippen LogP contribution < -0.4 is 0 Å². The van der Waals surface area contributed by atoms with E-state index in [0.29, 0.717) is 17.5 Å². The smallest absolute Gasteiger partial charge is 0.164 e. The molecule has 0 saturated heterocycles. The Kier molecular flexibility index (Phi) is 8.08. The normalized spacial score (nSPS) is 11.1. The Morgan fingerprint density at radius 2 is 0.788 bits per heavy atom. The average molecular weight is 667 g/mol. The summed E-state index contributed by atoms with van der Waals surface area (Å²) in [5.41, 5.74) is 10.2. The SMILES string of the molecule is c1ccc(-c2nc(-c3ccccc3)nc(-c3ccc(-c4ccc(-c5cc(-c6ccc7ccccc7c6)cc(-c6ccccn6)n5)nc4)cc3)n2)cc1. The Morgan fingerprint density at radius 3 is 1.38 bits per heavy atom. The van der Waals surface area contributed by atoms with Crippen LogP contribution in [0.25, 0.3) is 90.0 Å². The first-order valence-electron chi connectivity index (χ1n) is 17.1. The zero-order valence-electron chi connectivity index (χ0n) is 28.0. The van der Waals surface area contributed by atoms with Crippen LogP contribution in [0.5, 0.6) is 0 Å². The molecule has 5 aromatic carbocycles. The molecule has 0 bridgehead atoms. The summed E-state index contributed by atoms with van der Waals surface area (Å²) in [7, 11) is 0. The van der Waals surface area contributed by atoms with Gasteiger partial charge in [0, 0.05) is 34.6 Å². The van der Waals surface area contributed by atoms with Crippen LogP contribution in [0.1, 0.15) is 0 Å². The molecular formula is C46H30N6. The molecule has 4 aromatic heterocycles. The minimum Gasteiger partial charge on any atom is -0.255 e. The van der Waals surface area contributed by atoms with Gasteiger partial charge in [-0.05, 0) is 63.9 Å². The largest absolute Gasteiger partial charge is 0.255 e. The van der Waals surface area contributed by atoms with E-state index in [2.05, 4.69) is 89.9 Å². The molecule has 0 fully saturated rings. The van der Waals surface area contributed by atoms with E-state index in [1.54, 1.807) is 6.20 Å². The Labute approximate surface area is 301 Å². The quantitative estimate of drug-likeness (QED) is 0.168. The van der Waals surface area contributed by atoms with Gasteiger partial charge in [0.2, 0.25) is 0 Å². The molecular weight excluding hydrogens is 637 g/mol. The number of benzene rings is 5. The molecule has 0 unspecified atom stereocenters. The van der Waals surface area contributed by atoms with Crippen molar-refractivity contribution in [2.45, 2.75) is 0 Å². The Bertz CT molecular complexity index is 2590. The van der Waals surface area contributed by atoms with Gasteiger partial charge < -0.3 is 0 Å². The second-order valence-corrected chi connectivity index (χ2v) is 12.5. The number of nitrogens with zero attached hydrogens (tertiary/aromatic N) is 6. The summed E-state index contributed by atoms with van der Waals surface area (Å²) >= 11 is 0. The van der Waals surface area contributed by atoms with E-state index in [0.717, 1.165) is 61.7 Å². The molecule has 0 amide bonds. The van der Waals surface area contributed by atoms with E-state index in [1.165, 1.54) is 10.8 Å². The predicted molar refractivity (Wildman–Crippen MR) is 209 cm³/mol. The van der Waals surface area contributed by atoms with E-state index in [4.69, 9.17) is 24.9 Å². The van der Waals surface area contributed by atoms with Crippen molar-refractivity contribution in [2.75, 3.05) is 0 Å². The fraction of sp³-hybridized carbons (Fsp3) is 0. The van der Waals surface area contributed by atoms with Gasteiger partial charge in [0.25, 0.3) is 0 Å². The topological polar surface area (TPSA) is 77.3 Å². The highest BCUT2D eigenvalue weighted by molar-refractivity contribution is 5.88. The summed E-state index contributed by atoms with van der Waals surface area (Å²) in [4.78, 5) is 29.1. The minimum atomic E-state index is 0.619. The molecule has 0 radical (unpaired) electrons. The number of rotatable bonds is 7. The van der Waals surface area contributed by atoms with Crippen molar-refractivity contribution < 1.29 is 0 Å². The van der Waals surface area contributed by atoms with Crippen molar-refractivity contribution in [1.82, 2.24) is 29.9 Å². The molecule has 0 aliphatic rings. The molecule has 9 rings (SSSR count). The number of aromatic nitrogens is 6. The van der Waals surface area contributed by atoms with Gasteiger partial charge in [-0.15, -0.1) is 0 Å². The van der Waals surface area contributed by atoms with Crippen LogP contribution in [0.4, 0.5) is 0 Å². The summed E-state index contributed by atoms with van der Waals surface area (Å²) in [5, 5.41) is 2.40. The van der Waals surface area contributed by atoms with Crippen LogP contribution in [0.15, 0.2) is 182 Å². The highest BCUT2D eigenvalue weighted by Gasteiger charge is 2.14. The van der Waals surface area contributed by atoms with Crippen LogP contribution in [-0.4, -0.2) is 29.9 Å². The van der Waals surface area contributed by atoms with E-state index in [1.807, 2.05) is 91.1 Å². The molecule has 6 nitrogen and oxygen atoms in total. The van der Waals surface area contributed by atoms with E-state index < -0.39 is 0 Å². The predicted octanol–water partition coefficient (Wildman–Crippen LogP) is 10.9. The van der Waals surface area contributed by atoms with Crippen LogP contribution >= 0.6 is 0 Å². The Morgan fingerprint density at radius 1 is 0.269 bits per heavy atom. The second kappa shape index (κ2) is 13.6. The molecule has 4 heterocycles. The monoisotopic (exact) mass is 666 g/mol. The first kappa shape index (κ1) is 30.8. The van der Waals surface area contributed by atoms with Gasteiger partial charge in [-0.3, -0.25) is 9.97 Å². The highest BCUT2D eigenvalue weighted by Crippen LogP contribution is 2.32. The van der Waals surface area contributed by atoms with Gasteiger partial charge in [0.1, 0.15) is 0 Å². The third-order valence-corrected chi connectivity index (χ3v) is 9.04. The second-order valence-electron chi connectivity index (χ2n) is 12.5. The van der Waals surface area contributed by atoms with E-state index in [9.17, 15) is 0 Å². The Balaban J connectivity index is 1.04. The van der Waals surface area contributed by atoms with Crippen molar-refractivity contribution >= 4 is 10.8 Å². The summed E-state index contributed by atoms with van der Waals surface area (Å²) < 4.78 is 0. The standard InChI is InChI=1S/C46H30N6/c1-3-12-33(13-4-1)44-50-45(34-14-5-2-6-15-34)52-46(51-44)35-21-18-32(19-22-35)38-24-25-41(48-30-38)43-29-39(28-42(49-43)40-17-9-10-26-47-40)37-23-20-31-11-7-8-16-36(31)27-37/h1-30H. The summed E-state index contributed by atoms with van der Waals surface area (Å²) in [6.45, 7) is 0. The molecule has 0 N–H and O–H groups in total. The minimum absolute atomic E-state index is 0.619. The van der Waals surface area contributed by atoms with Gasteiger partial charge in [0.05, 0.1) is 22.8 Å². The molecule has 0 aliphatic carbocycles. The fourth-order valence-corrected chi connectivity index (χ4v) is 6.31. The lowest BCUT2D eigenvalue weighted by atomic mass is 9.99. The highest BCUT2D eigenvalue weighted by atomic mass is 15.0. The lowest BCUT2D eigenvalue weighted by molar-refractivity contribution is 1.07. The maximum atomic E-state index is 5.02. The zero-order valence-corrected chi connectivity index (χ0v) is 28.0. The van der Waals surface area contributed by atoms with Gasteiger partial charge in [-0.1, -0.05) is 133 Å². The Hall–Kier alpha value is -7.18. The first-order valence-corrected chi connectivity index (χ1v) is 17.1. The first-order chi connectivity index (χ1) is 25.7. The molecule has 52 heavy (non-hydrogen) atoms. The summed E-state index contributed by atoms with van der Waals surface area (Å²) in [5.74, 6) is 1.89. The van der Waals surface area contributed by atoms with Crippen molar-refractivity contribution in [2.24, 2.45) is 0 Å². The van der Waals surface area contributed by atoms with Crippen LogP contribution in [0.3, 0.4) is 0 Å². The molecule has 0 saturated carbocycles. The fourth-order valence-electron chi connectivity index (χ4n) is 6.31. The van der Waals surface area contributed by atoms with Gasteiger partial charge >= 0.3 is 0 Å². The summed E-state index contributed by atoms with van der Waals surface area (Å²) in [6.07, 6.45) is 3.70. The number of fused-ring (bicyclic) bond motifs is 1. The van der Waals surface area contributed by atoms with Gasteiger partial charge in [-0.2, -0.15) is 0 Å². The lowest BCUT2D eigenvalue weighted by Crippen LogP contribution is -2.00. The zero-order chi connectivity index (χ0) is 34.7. The number of hydrogen-bond donors (Lipinski definition) is 0. The third kappa shape index (κ3) is 6.32. The maximum absolute atomic E-state index is 5.02. The van der Waals surface area contributed by atoms with Crippen LogP contribution in [0.2, 0.25) is 0 Å². The molecule has 6 heteroatoms. The summed E-state index contributed by atoms with van der Waals surface area (Å²) in [6, 6.07) is 57.4. The van der Waals surface area contributed by atoms with Crippen molar-refractivity contribution in [3.63, 3.8) is 0 Å². The van der Waals surface area contributed by atoms with Gasteiger partial charge in [-0.25, -0.2) is 19.9 Å². The average Bonchev–Trinajstić information content (AvgIpc) is 3.24. The van der Waals surface area contributed by atoms with Crippen molar-refractivity contribution in [1.29, 1.82) is 0 Å². The van der Waals surface area contributed by atoms with E-state index in [-0.39, 0.29) is 0 Å². The van der Waals surface area contributed by atoms with Crippen molar-refractivity contribution in [3.8, 4) is 79.2 Å². The molecule has 244 valence electrons. The maximum Gasteiger partial charge on any atom is 0.164 e. The molecule has 0 spiro atoms. The number of pyridine rings is 3. The number of hydrogen-bond acceptors (Lipinski definition) is 6. The van der Waals surface area contributed by atoms with Crippen molar-refractivity contribution in [3.05, 3.63) is 182 Å².